The van der Waals surface area contributed by atoms with E-state index in [-0.39, 0.29) is 0 Å². The molecule has 0 aliphatic carbocycles. The molecule has 2 aromatic heterocycles. The van der Waals surface area contributed by atoms with Gasteiger partial charge in [0.05, 0.1) is 27.5 Å². The summed E-state index contributed by atoms with van der Waals surface area (Å²) in [6.45, 7) is 4.84. The van der Waals surface area contributed by atoms with E-state index in [1.54, 1.807) is 17.5 Å². The zero-order valence-corrected chi connectivity index (χ0v) is 13.4. The van der Waals surface area contributed by atoms with E-state index in [1.807, 2.05) is 38.1 Å². The van der Waals surface area contributed by atoms with E-state index < -0.39 is 0 Å². The number of hydrogen-bond acceptors (Lipinski definition) is 5. The number of fused-ring (bicyclic) bond motifs is 1. The van der Waals surface area contributed by atoms with Crippen LogP contribution in [0.15, 0.2) is 30.5 Å². The van der Waals surface area contributed by atoms with Crippen molar-refractivity contribution in [2.45, 2.75) is 20.3 Å². The Labute approximate surface area is 133 Å². The molecule has 0 bridgehead atoms. The van der Waals surface area contributed by atoms with E-state index in [0.717, 1.165) is 40.3 Å². The van der Waals surface area contributed by atoms with Crippen LogP contribution in [0.2, 0.25) is 0 Å². The highest BCUT2D eigenvalue weighted by molar-refractivity contribution is 7.11. The Balaban J connectivity index is 1.84. The fourth-order valence-corrected chi connectivity index (χ4v) is 3.46. The highest BCUT2D eigenvalue weighted by Crippen LogP contribution is 2.25. The maximum atomic E-state index is 9.30. The molecule has 0 aliphatic heterocycles. The minimum atomic E-state index is 0.580. The molecular formula is C17H16N4S. The second-order valence-electron chi connectivity index (χ2n) is 5.09. The molecule has 0 saturated heterocycles. The van der Waals surface area contributed by atoms with Crippen LogP contribution < -0.4 is 5.32 Å². The summed E-state index contributed by atoms with van der Waals surface area (Å²) >= 11 is 1.73. The fraction of sp³-hybridized carbons (Fsp3) is 0.235. The van der Waals surface area contributed by atoms with Gasteiger partial charge in [-0.1, -0.05) is 18.2 Å². The van der Waals surface area contributed by atoms with E-state index in [4.69, 9.17) is 0 Å². The topological polar surface area (TPSA) is 61.6 Å². The summed E-state index contributed by atoms with van der Waals surface area (Å²) in [5.41, 5.74) is 3.45. The molecule has 4 nitrogen and oxygen atoms in total. The summed E-state index contributed by atoms with van der Waals surface area (Å²) in [7, 11) is 0. The van der Waals surface area contributed by atoms with E-state index >= 15 is 0 Å². The molecule has 3 aromatic rings. The van der Waals surface area contributed by atoms with Gasteiger partial charge in [-0.05, 0) is 19.9 Å². The minimum absolute atomic E-state index is 0.580. The van der Waals surface area contributed by atoms with Crippen LogP contribution in [0.1, 0.15) is 21.1 Å². The summed E-state index contributed by atoms with van der Waals surface area (Å²) in [5.74, 6) is 0. The van der Waals surface area contributed by atoms with Gasteiger partial charge in [0.2, 0.25) is 0 Å². The molecule has 1 aromatic carbocycles. The average molecular weight is 308 g/mol. The Hall–Kier alpha value is -2.45. The number of hydrogen-bond donors (Lipinski definition) is 1. The first kappa shape index (κ1) is 14.5. The third-order valence-corrected chi connectivity index (χ3v) is 4.68. The van der Waals surface area contributed by atoms with Crippen LogP contribution in [0.4, 0.5) is 5.69 Å². The van der Waals surface area contributed by atoms with Gasteiger partial charge < -0.3 is 5.32 Å². The van der Waals surface area contributed by atoms with Gasteiger partial charge in [-0.15, -0.1) is 11.3 Å². The molecule has 0 unspecified atom stereocenters. The first-order valence-electron chi connectivity index (χ1n) is 7.13. The molecule has 5 heteroatoms. The van der Waals surface area contributed by atoms with Crippen molar-refractivity contribution in [2.75, 3.05) is 11.9 Å². The minimum Gasteiger partial charge on any atom is -0.383 e. The van der Waals surface area contributed by atoms with Crippen LogP contribution in [0.5, 0.6) is 0 Å². The Bertz CT molecular complexity index is 861. The molecule has 0 fully saturated rings. The van der Waals surface area contributed by atoms with Crippen molar-refractivity contribution < 1.29 is 0 Å². The van der Waals surface area contributed by atoms with Gasteiger partial charge in [0.15, 0.2) is 0 Å². The van der Waals surface area contributed by atoms with Crippen LogP contribution in [0.25, 0.3) is 10.9 Å². The number of benzene rings is 1. The van der Waals surface area contributed by atoms with Crippen molar-refractivity contribution in [2.24, 2.45) is 0 Å². The summed E-state index contributed by atoms with van der Waals surface area (Å²) in [4.78, 5) is 10.1. The van der Waals surface area contributed by atoms with Crippen molar-refractivity contribution in [3.05, 3.63) is 51.6 Å². The molecule has 110 valence electrons. The van der Waals surface area contributed by atoms with Crippen molar-refractivity contribution in [1.82, 2.24) is 9.97 Å². The summed E-state index contributed by atoms with van der Waals surface area (Å²) in [6, 6.07) is 10.1. The first-order chi connectivity index (χ1) is 10.7. The average Bonchev–Trinajstić information content (AvgIpc) is 2.85. The normalized spacial score (nSPS) is 10.6. The number of aryl methyl sites for hydroxylation is 2. The SMILES string of the molecule is Cc1nc(C)c(CCNc2c(C#N)cnc3ccccc23)s1. The number of nitriles is 1. The smallest absolute Gasteiger partial charge is 0.103 e. The molecule has 0 aliphatic rings. The highest BCUT2D eigenvalue weighted by Gasteiger charge is 2.09. The highest BCUT2D eigenvalue weighted by atomic mass is 32.1. The Kier molecular flexibility index (Phi) is 4.03. The van der Waals surface area contributed by atoms with E-state index in [2.05, 4.69) is 21.4 Å². The number of anilines is 1. The lowest BCUT2D eigenvalue weighted by Crippen LogP contribution is -2.07. The standard InChI is InChI=1S/C17H16N4S/c1-11-16(22-12(2)21-11)7-8-19-17-13(9-18)10-20-15-6-4-3-5-14(15)17/h3-6,10H,7-8H2,1-2H3,(H,19,20). The van der Waals surface area contributed by atoms with Crippen LogP contribution in [-0.4, -0.2) is 16.5 Å². The molecule has 0 spiro atoms. The zero-order valence-electron chi connectivity index (χ0n) is 12.6. The van der Waals surface area contributed by atoms with Crippen molar-refractivity contribution >= 4 is 27.9 Å². The molecule has 0 atom stereocenters. The Morgan fingerprint density at radius 1 is 1.27 bits per heavy atom. The van der Waals surface area contributed by atoms with E-state index in [0.29, 0.717) is 5.56 Å². The third-order valence-electron chi connectivity index (χ3n) is 3.55. The number of rotatable bonds is 4. The lowest BCUT2D eigenvalue weighted by molar-refractivity contribution is 1.01. The van der Waals surface area contributed by atoms with Crippen molar-refractivity contribution in [3.63, 3.8) is 0 Å². The summed E-state index contributed by atoms with van der Waals surface area (Å²) in [5, 5.41) is 14.8. The second-order valence-corrected chi connectivity index (χ2v) is 6.38. The fourth-order valence-electron chi connectivity index (χ4n) is 2.52. The maximum Gasteiger partial charge on any atom is 0.103 e. The summed E-state index contributed by atoms with van der Waals surface area (Å²) in [6.07, 6.45) is 2.53. The predicted molar refractivity (Wildman–Crippen MR) is 90.2 cm³/mol. The number of nitrogens with zero attached hydrogens (tertiary/aromatic N) is 3. The van der Waals surface area contributed by atoms with Gasteiger partial charge in [0.1, 0.15) is 6.07 Å². The molecule has 1 N–H and O–H groups in total. The van der Waals surface area contributed by atoms with Crippen LogP contribution >= 0.6 is 11.3 Å². The monoisotopic (exact) mass is 308 g/mol. The van der Waals surface area contributed by atoms with Crippen LogP contribution in [0, 0.1) is 25.2 Å². The number of aromatic nitrogens is 2. The number of nitrogens with one attached hydrogen (secondary N) is 1. The lowest BCUT2D eigenvalue weighted by atomic mass is 10.1. The third kappa shape index (κ3) is 2.78. The summed E-state index contributed by atoms with van der Waals surface area (Å²) < 4.78 is 0. The van der Waals surface area contributed by atoms with Gasteiger partial charge in [-0.3, -0.25) is 4.98 Å². The van der Waals surface area contributed by atoms with Gasteiger partial charge in [-0.2, -0.15) is 5.26 Å². The zero-order chi connectivity index (χ0) is 15.5. The molecule has 2 heterocycles. The van der Waals surface area contributed by atoms with Gasteiger partial charge >= 0.3 is 0 Å². The molecule has 0 amide bonds. The maximum absolute atomic E-state index is 9.30. The quantitative estimate of drug-likeness (QED) is 0.795. The molecule has 3 rings (SSSR count). The first-order valence-corrected chi connectivity index (χ1v) is 7.95. The Morgan fingerprint density at radius 2 is 2.09 bits per heavy atom. The van der Waals surface area contributed by atoms with Crippen molar-refractivity contribution in [1.29, 1.82) is 5.26 Å². The van der Waals surface area contributed by atoms with Gasteiger partial charge in [-0.25, -0.2) is 4.98 Å². The molecule has 22 heavy (non-hydrogen) atoms. The number of para-hydroxylation sites is 1. The van der Waals surface area contributed by atoms with Gasteiger partial charge in [0, 0.05) is 29.4 Å². The molecule has 0 radical (unpaired) electrons. The van der Waals surface area contributed by atoms with E-state index in [9.17, 15) is 5.26 Å². The number of pyridine rings is 1. The number of thiazole rings is 1. The Morgan fingerprint density at radius 3 is 2.82 bits per heavy atom. The van der Waals surface area contributed by atoms with Crippen LogP contribution in [-0.2, 0) is 6.42 Å². The van der Waals surface area contributed by atoms with Crippen molar-refractivity contribution in [3.8, 4) is 6.07 Å². The second kappa shape index (κ2) is 6.12. The molecular weight excluding hydrogens is 292 g/mol. The van der Waals surface area contributed by atoms with Gasteiger partial charge in [0.25, 0.3) is 0 Å². The molecule has 0 saturated carbocycles. The lowest BCUT2D eigenvalue weighted by Gasteiger charge is -2.11. The van der Waals surface area contributed by atoms with Crippen LogP contribution in [0.3, 0.4) is 0 Å². The largest absolute Gasteiger partial charge is 0.383 e. The van der Waals surface area contributed by atoms with E-state index in [1.165, 1.54) is 4.88 Å². The predicted octanol–water partition coefficient (Wildman–Crippen LogP) is 3.83.